The molecule has 3 rings (SSSR count). The zero-order valence-corrected chi connectivity index (χ0v) is 10.1. The Morgan fingerprint density at radius 1 is 1.56 bits per heavy atom. The highest BCUT2D eigenvalue weighted by Crippen LogP contribution is 2.32. The fourth-order valence-corrected chi connectivity index (χ4v) is 3.34. The predicted molar refractivity (Wildman–Crippen MR) is 67.6 cm³/mol. The number of imidazole rings is 1. The van der Waals surface area contributed by atoms with Crippen molar-refractivity contribution in [2.24, 2.45) is 0 Å². The van der Waals surface area contributed by atoms with Crippen molar-refractivity contribution < 1.29 is 0 Å². The van der Waals surface area contributed by atoms with Gasteiger partial charge in [0.05, 0.1) is 11.1 Å². The SMILES string of the molecule is CCC1CSC(c2cn3ccccc3n2)N1. The third-order valence-electron chi connectivity index (χ3n) is 3.00. The summed E-state index contributed by atoms with van der Waals surface area (Å²) in [4.78, 5) is 4.64. The molecule has 1 fully saturated rings. The van der Waals surface area contributed by atoms with Gasteiger partial charge in [0.25, 0.3) is 0 Å². The molecular weight excluding hydrogens is 218 g/mol. The molecule has 16 heavy (non-hydrogen) atoms. The molecule has 0 aromatic carbocycles. The number of aromatic nitrogens is 2. The number of hydrogen-bond acceptors (Lipinski definition) is 3. The molecule has 1 aliphatic heterocycles. The summed E-state index contributed by atoms with van der Waals surface area (Å²) in [6.07, 6.45) is 5.36. The molecular formula is C12H15N3S. The van der Waals surface area contributed by atoms with Crippen molar-refractivity contribution >= 4 is 17.4 Å². The van der Waals surface area contributed by atoms with Crippen LogP contribution in [-0.4, -0.2) is 21.2 Å². The minimum Gasteiger partial charge on any atom is -0.307 e. The molecule has 3 heterocycles. The molecule has 1 aliphatic rings. The van der Waals surface area contributed by atoms with Crippen LogP contribution < -0.4 is 5.32 Å². The molecule has 0 saturated carbocycles. The third-order valence-corrected chi connectivity index (χ3v) is 4.30. The Bertz CT molecular complexity index is 461. The molecule has 1 saturated heterocycles. The van der Waals surface area contributed by atoms with Crippen molar-refractivity contribution in [2.75, 3.05) is 5.75 Å². The number of pyridine rings is 1. The molecule has 0 aliphatic carbocycles. The van der Waals surface area contributed by atoms with Crippen molar-refractivity contribution in [3.8, 4) is 0 Å². The molecule has 2 atom stereocenters. The fourth-order valence-electron chi connectivity index (χ4n) is 2.01. The van der Waals surface area contributed by atoms with Gasteiger partial charge in [-0.05, 0) is 18.6 Å². The Labute approximate surface area is 99.3 Å². The first kappa shape index (κ1) is 10.2. The first-order valence-electron chi connectivity index (χ1n) is 5.68. The van der Waals surface area contributed by atoms with Gasteiger partial charge in [-0.25, -0.2) is 4.98 Å². The second-order valence-electron chi connectivity index (χ2n) is 4.12. The minimum atomic E-state index is 0.366. The molecule has 2 aromatic heterocycles. The summed E-state index contributed by atoms with van der Waals surface area (Å²) >= 11 is 1.96. The second-order valence-corrected chi connectivity index (χ2v) is 5.26. The topological polar surface area (TPSA) is 29.3 Å². The maximum Gasteiger partial charge on any atom is 0.137 e. The van der Waals surface area contributed by atoms with Crippen molar-refractivity contribution in [3.05, 3.63) is 36.3 Å². The van der Waals surface area contributed by atoms with E-state index in [0.29, 0.717) is 11.4 Å². The van der Waals surface area contributed by atoms with Crippen LogP contribution in [0.2, 0.25) is 0 Å². The number of nitrogens with one attached hydrogen (secondary N) is 1. The molecule has 0 bridgehead atoms. The van der Waals surface area contributed by atoms with Gasteiger partial charge in [-0.3, -0.25) is 5.32 Å². The van der Waals surface area contributed by atoms with Gasteiger partial charge in [-0.1, -0.05) is 13.0 Å². The van der Waals surface area contributed by atoms with E-state index in [4.69, 9.17) is 0 Å². The minimum absolute atomic E-state index is 0.366. The van der Waals surface area contributed by atoms with Crippen LogP contribution in [0.3, 0.4) is 0 Å². The van der Waals surface area contributed by atoms with Gasteiger partial charge in [-0.15, -0.1) is 11.8 Å². The van der Waals surface area contributed by atoms with E-state index in [9.17, 15) is 0 Å². The number of nitrogens with zero attached hydrogens (tertiary/aromatic N) is 2. The van der Waals surface area contributed by atoms with E-state index >= 15 is 0 Å². The highest BCUT2D eigenvalue weighted by Gasteiger charge is 2.25. The maximum absolute atomic E-state index is 4.64. The largest absolute Gasteiger partial charge is 0.307 e. The Morgan fingerprint density at radius 3 is 3.25 bits per heavy atom. The average molecular weight is 233 g/mol. The van der Waals surface area contributed by atoms with E-state index in [1.807, 2.05) is 36.2 Å². The molecule has 1 N–H and O–H groups in total. The van der Waals surface area contributed by atoms with E-state index in [1.165, 1.54) is 12.2 Å². The maximum atomic E-state index is 4.64. The highest BCUT2D eigenvalue weighted by molar-refractivity contribution is 7.99. The monoisotopic (exact) mass is 233 g/mol. The lowest BCUT2D eigenvalue weighted by Gasteiger charge is -2.08. The van der Waals surface area contributed by atoms with E-state index in [1.54, 1.807) is 0 Å². The Balaban J connectivity index is 1.89. The Hall–Kier alpha value is -1.00. The Morgan fingerprint density at radius 2 is 2.50 bits per heavy atom. The summed E-state index contributed by atoms with van der Waals surface area (Å²) in [7, 11) is 0. The van der Waals surface area contributed by atoms with E-state index < -0.39 is 0 Å². The molecule has 0 spiro atoms. The van der Waals surface area contributed by atoms with Crippen LogP contribution in [0.4, 0.5) is 0 Å². The van der Waals surface area contributed by atoms with Crippen LogP contribution in [0.15, 0.2) is 30.6 Å². The predicted octanol–water partition coefficient (Wildman–Crippen LogP) is 2.45. The van der Waals surface area contributed by atoms with Gasteiger partial charge in [-0.2, -0.15) is 0 Å². The zero-order chi connectivity index (χ0) is 11.0. The van der Waals surface area contributed by atoms with Crippen LogP contribution >= 0.6 is 11.8 Å². The Kier molecular flexibility index (Phi) is 2.61. The normalized spacial score (nSPS) is 25.3. The van der Waals surface area contributed by atoms with Crippen LogP contribution in [0.25, 0.3) is 5.65 Å². The van der Waals surface area contributed by atoms with Crippen LogP contribution in [-0.2, 0) is 0 Å². The molecule has 0 amide bonds. The number of fused-ring (bicyclic) bond motifs is 1. The summed E-state index contributed by atoms with van der Waals surface area (Å²) in [6, 6.07) is 6.74. The standard InChI is InChI=1S/C12H15N3S/c1-2-9-8-16-12(13-9)10-7-15-6-4-3-5-11(15)14-10/h3-7,9,12-13H,2,8H2,1H3. The summed E-state index contributed by atoms with van der Waals surface area (Å²) in [5.41, 5.74) is 2.17. The van der Waals surface area contributed by atoms with Crippen LogP contribution in [0.1, 0.15) is 24.4 Å². The summed E-state index contributed by atoms with van der Waals surface area (Å²) in [6.45, 7) is 2.23. The molecule has 0 radical (unpaired) electrons. The van der Waals surface area contributed by atoms with Gasteiger partial charge >= 0.3 is 0 Å². The molecule has 84 valence electrons. The van der Waals surface area contributed by atoms with Crippen molar-refractivity contribution in [1.29, 1.82) is 0 Å². The van der Waals surface area contributed by atoms with Crippen molar-refractivity contribution in [3.63, 3.8) is 0 Å². The first-order valence-corrected chi connectivity index (χ1v) is 6.73. The number of rotatable bonds is 2. The molecule has 4 heteroatoms. The highest BCUT2D eigenvalue weighted by atomic mass is 32.2. The van der Waals surface area contributed by atoms with Crippen molar-refractivity contribution in [2.45, 2.75) is 24.8 Å². The second kappa shape index (κ2) is 4.11. The fraction of sp³-hybridized carbons (Fsp3) is 0.417. The van der Waals surface area contributed by atoms with E-state index in [-0.39, 0.29) is 0 Å². The molecule has 3 nitrogen and oxygen atoms in total. The summed E-state index contributed by atoms with van der Waals surface area (Å²) in [5.74, 6) is 1.19. The summed E-state index contributed by atoms with van der Waals surface area (Å²) < 4.78 is 2.08. The quantitative estimate of drug-likeness (QED) is 0.864. The molecule has 2 unspecified atom stereocenters. The van der Waals surface area contributed by atoms with E-state index in [0.717, 1.165) is 11.3 Å². The smallest absolute Gasteiger partial charge is 0.137 e. The molecule has 2 aromatic rings. The van der Waals surface area contributed by atoms with Gasteiger partial charge < -0.3 is 4.40 Å². The lowest BCUT2D eigenvalue weighted by molar-refractivity contribution is 0.557. The average Bonchev–Trinajstić information content (AvgIpc) is 2.95. The number of hydrogen-bond donors (Lipinski definition) is 1. The lowest BCUT2D eigenvalue weighted by Crippen LogP contribution is -2.24. The van der Waals surface area contributed by atoms with Crippen LogP contribution in [0, 0.1) is 0 Å². The lowest BCUT2D eigenvalue weighted by atomic mass is 10.2. The van der Waals surface area contributed by atoms with E-state index in [2.05, 4.69) is 27.8 Å². The third kappa shape index (κ3) is 1.72. The summed E-state index contributed by atoms with van der Waals surface area (Å²) in [5, 5.41) is 3.97. The zero-order valence-electron chi connectivity index (χ0n) is 9.26. The van der Waals surface area contributed by atoms with Crippen molar-refractivity contribution in [1.82, 2.24) is 14.7 Å². The van der Waals surface area contributed by atoms with Gasteiger partial charge in [0.15, 0.2) is 0 Å². The van der Waals surface area contributed by atoms with Gasteiger partial charge in [0, 0.05) is 24.2 Å². The van der Waals surface area contributed by atoms with Gasteiger partial charge in [0.1, 0.15) is 5.65 Å². The van der Waals surface area contributed by atoms with Crippen LogP contribution in [0.5, 0.6) is 0 Å². The van der Waals surface area contributed by atoms with Gasteiger partial charge in [0.2, 0.25) is 0 Å². The first-order chi connectivity index (χ1) is 7.86. The number of thioether (sulfide) groups is 1.